The van der Waals surface area contributed by atoms with Crippen molar-refractivity contribution in [3.63, 3.8) is 0 Å². The van der Waals surface area contributed by atoms with Crippen molar-refractivity contribution in [1.82, 2.24) is 5.32 Å². The van der Waals surface area contributed by atoms with Gasteiger partial charge in [0.15, 0.2) is 5.78 Å². The van der Waals surface area contributed by atoms with Crippen molar-refractivity contribution in [3.05, 3.63) is 44.3 Å². The molecule has 0 aliphatic heterocycles. The maximum atomic E-state index is 11.8. The van der Waals surface area contributed by atoms with E-state index in [0.717, 1.165) is 6.42 Å². The Kier molecular flexibility index (Phi) is 4.28. The van der Waals surface area contributed by atoms with E-state index in [-0.39, 0.29) is 11.7 Å². The van der Waals surface area contributed by atoms with Gasteiger partial charge in [0.05, 0.1) is 9.75 Å². The van der Waals surface area contributed by atoms with E-state index in [1.807, 2.05) is 11.4 Å². The van der Waals surface area contributed by atoms with E-state index in [4.69, 9.17) is 0 Å². The van der Waals surface area contributed by atoms with Gasteiger partial charge >= 0.3 is 0 Å². The summed E-state index contributed by atoms with van der Waals surface area (Å²) in [7, 11) is 0. The van der Waals surface area contributed by atoms with Gasteiger partial charge in [0.1, 0.15) is 0 Å². The van der Waals surface area contributed by atoms with Crippen LogP contribution in [-0.2, 0) is 6.42 Å². The zero-order chi connectivity index (χ0) is 13.0. The number of nitrogens with one attached hydrogen (secondary N) is 1. The standard InChI is InChI=1S/C13H13NO2S2/c1-9(15)11-4-5-12(18-11)13(16)14-7-6-10-3-2-8-17-10/h2-5,8H,6-7H2,1H3,(H,14,16). The Labute approximate surface area is 113 Å². The summed E-state index contributed by atoms with van der Waals surface area (Å²) in [6, 6.07) is 7.44. The molecule has 0 bridgehead atoms. The highest BCUT2D eigenvalue weighted by molar-refractivity contribution is 7.16. The number of amides is 1. The molecule has 0 saturated carbocycles. The second-order valence-corrected chi connectivity index (χ2v) is 5.92. The van der Waals surface area contributed by atoms with Gasteiger partial charge in [-0.25, -0.2) is 0 Å². The van der Waals surface area contributed by atoms with Crippen molar-refractivity contribution in [2.75, 3.05) is 6.54 Å². The largest absolute Gasteiger partial charge is 0.351 e. The number of carbonyl (C=O) groups is 2. The first-order valence-corrected chi connectivity index (χ1v) is 7.28. The fourth-order valence-electron chi connectivity index (χ4n) is 1.49. The van der Waals surface area contributed by atoms with Gasteiger partial charge in [-0.3, -0.25) is 9.59 Å². The van der Waals surface area contributed by atoms with E-state index < -0.39 is 0 Å². The molecule has 1 amide bonds. The Morgan fingerprint density at radius 3 is 2.61 bits per heavy atom. The molecule has 2 rings (SSSR count). The molecule has 1 N–H and O–H groups in total. The van der Waals surface area contributed by atoms with Crippen LogP contribution in [-0.4, -0.2) is 18.2 Å². The molecule has 0 aromatic carbocycles. The van der Waals surface area contributed by atoms with Gasteiger partial charge in [-0.2, -0.15) is 0 Å². The first-order valence-electron chi connectivity index (χ1n) is 5.58. The van der Waals surface area contributed by atoms with Gasteiger partial charge in [-0.15, -0.1) is 22.7 Å². The van der Waals surface area contributed by atoms with E-state index in [1.54, 1.807) is 23.5 Å². The number of hydrogen-bond donors (Lipinski definition) is 1. The molecule has 0 radical (unpaired) electrons. The van der Waals surface area contributed by atoms with Gasteiger partial charge in [0, 0.05) is 11.4 Å². The molecule has 0 atom stereocenters. The highest BCUT2D eigenvalue weighted by atomic mass is 32.1. The van der Waals surface area contributed by atoms with Crippen molar-refractivity contribution in [1.29, 1.82) is 0 Å². The van der Waals surface area contributed by atoms with Crippen LogP contribution in [0.1, 0.15) is 31.1 Å². The summed E-state index contributed by atoms with van der Waals surface area (Å²) in [6.07, 6.45) is 0.842. The molecule has 94 valence electrons. The smallest absolute Gasteiger partial charge is 0.261 e. The fraction of sp³-hybridized carbons (Fsp3) is 0.231. The minimum atomic E-state index is -0.107. The summed E-state index contributed by atoms with van der Waals surface area (Å²) >= 11 is 2.92. The molecule has 3 nitrogen and oxygen atoms in total. The molecule has 18 heavy (non-hydrogen) atoms. The van der Waals surface area contributed by atoms with Gasteiger partial charge in [0.2, 0.25) is 0 Å². The SMILES string of the molecule is CC(=O)c1ccc(C(=O)NCCc2cccs2)s1. The number of ketones is 1. The molecule has 2 heterocycles. The quantitative estimate of drug-likeness (QED) is 0.855. The van der Waals surface area contributed by atoms with Crippen LogP contribution in [0.5, 0.6) is 0 Å². The van der Waals surface area contributed by atoms with Gasteiger partial charge < -0.3 is 5.32 Å². The molecule has 0 fully saturated rings. The Morgan fingerprint density at radius 1 is 1.22 bits per heavy atom. The third-order valence-corrected chi connectivity index (χ3v) is 4.53. The van der Waals surface area contributed by atoms with Crippen molar-refractivity contribution < 1.29 is 9.59 Å². The summed E-state index contributed by atoms with van der Waals surface area (Å²) in [5.41, 5.74) is 0. The first-order chi connectivity index (χ1) is 8.66. The summed E-state index contributed by atoms with van der Waals surface area (Å²) in [4.78, 5) is 25.4. The summed E-state index contributed by atoms with van der Waals surface area (Å²) in [5, 5.41) is 4.88. The third kappa shape index (κ3) is 3.27. The highest BCUT2D eigenvalue weighted by Crippen LogP contribution is 2.16. The molecule has 0 unspecified atom stereocenters. The average Bonchev–Trinajstić information content (AvgIpc) is 2.99. The van der Waals surface area contributed by atoms with Crippen LogP contribution < -0.4 is 5.32 Å². The second kappa shape index (κ2) is 5.93. The van der Waals surface area contributed by atoms with Crippen molar-refractivity contribution in [2.24, 2.45) is 0 Å². The average molecular weight is 279 g/mol. The lowest BCUT2D eigenvalue weighted by Gasteiger charge is -2.01. The van der Waals surface area contributed by atoms with Crippen molar-refractivity contribution in [3.8, 4) is 0 Å². The van der Waals surface area contributed by atoms with E-state index >= 15 is 0 Å². The number of Topliss-reactive ketones (excluding diaryl/α,β-unsaturated/α-hetero) is 1. The number of hydrogen-bond acceptors (Lipinski definition) is 4. The molecule has 0 aliphatic carbocycles. The minimum Gasteiger partial charge on any atom is -0.351 e. The van der Waals surface area contributed by atoms with Crippen molar-refractivity contribution >= 4 is 34.4 Å². The second-order valence-electron chi connectivity index (χ2n) is 3.81. The number of thiophene rings is 2. The van der Waals surface area contributed by atoms with Crippen LogP contribution in [0.3, 0.4) is 0 Å². The summed E-state index contributed by atoms with van der Waals surface area (Å²) < 4.78 is 0. The Bertz CT molecular complexity index is 543. The third-order valence-electron chi connectivity index (χ3n) is 2.41. The molecular formula is C13H13NO2S2. The predicted molar refractivity (Wildman–Crippen MR) is 74.7 cm³/mol. The molecular weight excluding hydrogens is 266 g/mol. The Hall–Kier alpha value is -1.46. The molecule has 2 aromatic rings. The number of rotatable bonds is 5. The highest BCUT2D eigenvalue weighted by Gasteiger charge is 2.10. The van der Waals surface area contributed by atoms with Crippen LogP contribution in [0.25, 0.3) is 0 Å². The van der Waals surface area contributed by atoms with Crippen LogP contribution >= 0.6 is 22.7 Å². The first kappa shape index (κ1) is 13.0. The van der Waals surface area contributed by atoms with Crippen molar-refractivity contribution in [2.45, 2.75) is 13.3 Å². The van der Waals surface area contributed by atoms with E-state index in [2.05, 4.69) is 11.4 Å². The van der Waals surface area contributed by atoms with Gasteiger partial charge in [-0.05, 0) is 36.9 Å². The van der Waals surface area contributed by atoms with Gasteiger partial charge in [0.25, 0.3) is 5.91 Å². The molecule has 2 aromatic heterocycles. The van der Waals surface area contributed by atoms with E-state index in [9.17, 15) is 9.59 Å². The zero-order valence-electron chi connectivity index (χ0n) is 9.93. The van der Waals surface area contributed by atoms with E-state index in [1.165, 1.54) is 23.1 Å². The van der Waals surface area contributed by atoms with E-state index in [0.29, 0.717) is 16.3 Å². The van der Waals surface area contributed by atoms with Crippen LogP contribution in [0.2, 0.25) is 0 Å². The van der Waals surface area contributed by atoms with Crippen LogP contribution in [0.15, 0.2) is 29.6 Å². The lowest BCUT2D eigenvalue weighted by atomic mass is 10.3. The summed E-state index contributed by atoms with van der Waals surface area (Å²) in [6.45, 7) is 2.12. The molecule has 0 spiro atoms. The number of carbonyl (C=O) groups excluding carboxylic acids is 2. The Morgan fingerprint density at radius 2 is 2.00 bits per heavy atom. The maximum Gasteiger partial charge on any atom is 0.261 e. The molecule has 0 saturated heterocycles. The monoisotopic (exact) mass is 279 g/mol. The van der Waals surface area contributed by atoms with Crippen LogP contribution in [0, 0.1) is 0 Å². The lowest BCUT2D eigenvalue weighted by molar-refractivity contribution is 0.0957. The van der Waals surface area contributed by atoms with Gasteiger partial charge in [-0.1, -0.05) is 6.07 Å². The molecule has 0 aliphatic rings. The minimum absolute atomic E-state index is 0.00219. The molecule has 5 heteroatoms. The maximum absolute atomic E-state index is 11.8. The Balaban J connectivity index is 1.85. The predicted octanol–water partition coefficient (Wildman–Crippen LogP) is 2.98. The summed E-state index contributed by atoms with van der Waals surface area (Å²) in [5.74, 6) is -0.110. The fourth-order valence-corrected chi connectivity index (χ4v) is 3.02. The van der Waals surface area contributed by atoms with Crippen LogP contribution in [0.4, 0.5) is 0 Å². The zero-order valence-corrected chi connectivity index (χ0v) is 11.6. The normalized spacial score (nSPS) is 10.3. The topological polar surface area (TPSA) is 46.2 Å². The lowest BCUT2D eigenvalue weighted by Crippen LogP contribution is -2.24.